The molecule has 0 spiro atoms. The molecule has 47 heteroatoms. The number of aliphatic carboxylic acids is 4. The number of ether oxygens (including phenoxy) is 6. The van der Waals surface area contributed by atoms with Crippen molar-refractivity contribution in [2.45, 2.75) is 208 Å². The number of hydrogen-bond donors (Lipinski definition) is 16. The highest BCUT2D eigenvalue weighted by molar-refractivity contribution is 6.11. The van der Waals surface area contributed by atoms with E-state index in [1.807, 2.05) is 133 Å². The number of carbonyl (C=O) groups excluding carboxylic acids is 6. The molecule has 786 valence electrons. The van der Waals surface area contributed by atoms with Crippen molar-refractivity contribution < 1.29 is 149 Å². The number of carboxylic acids is 4. The summed E-state index contributed by atoms with van der Waals surface area (Å²) in [7, 11) is 0. The molecule has 1 aliphatic carbocycles. The molecule has 6 aromatic carbocycles. The summed E-state index contributed by atoms with van der Waals surface area (Å²) in [6.07, 6.45) is -1.99. The van der Waals surface area contributed by atoms with E-state index >= 15 is 0 Å². The minimum Gasteiger partial charge on any atom is -0.490 e. The quantitative estimate of drug-likeness (QED) is 0.0127. The zero-order chi connectivity index (χ0) is 108. The summed E-state index contributed by atoms with van der Waals surface area (Å²) >= 11 is 0. The number of benzene rings is 6. The normalized spacial score (nSPS) is 13.3. The Balaban J connectivity index is 0.000000334. The average molecular weight is 2040 g/mol. The van der Waals surface area contributed by atoms with Gasteiger partial charge in [-0.15, -0.1) is 6.58 Å². The molecule has 11 rings (SSSR count). The lowest BCUT2D eigenvalue weighted by Gasteiger charge is -2.24. The number of hydrogen-bond acceptors (Lipinski definition) is 25. The van der Waals surface area contributed by atoms with Crippen LogP contribution in [0.3, 0.4) is 0 Å². The smallest absolute Gasteiger partial charge is 0.490 e. The lowest BCUT2D eigenvalue weighted by molar-refractivity contribution is -0.193. The second-order valence-electron chi connectivity index (χ2n) is 31.4. The van der Waals surface area contributed by atoms with E-state index in [4.69, 9.17) is 96.7 Å². The Morgan fingerprint density at radius 3 is 0.951 bits per heavy atom. The predicted molar refractivity (Wildman–Crippen MR) is 513 cm³/mol. The summed E-state index contributed by atoms with van der Waals surface area (Å²) in [6.45, 7) is 25.9. The van der Waals surface area contributed by atoms with Crippen molar-refractivity contribution in [3.63, 3.8) is 0 Å². The Morgan fingerprint density at radius 2 is 0.694 bits per heavy atom. The Kier molecular flexibility index (Phi) is 47.7. The molecule has 3 atom stereocenters. The minimum atomic E-state index is -5.08. The highest BCUT2D eigenvalue weighted by Crippen LogP contribution is 2.43. The molecule has 144 heavy (non-hydrogen) atoms. The highest BCUT2D eigenvalue weighted by atomic mass is 19.4. The van der Waals surface area contributed by atoms with Gasteiger partial charge in [-0.05, 0) is 169 Å². The second kappa shape index (κ2) is 57.4. The fourth-order valence-electron chi connectivity index (χ4n) is 14.8. The third kappa shape index (κ3) is 36.3. The van der Waals surface area contributed by atoms with Crippen molar-refractivity contribution in [3.05, 3.63) is 172 Å². The van der Waals surface area contributed by atoms with Gasteiger partial charge in [-0.1, -0.05) is 102 Å². The molecule has 21 N–H and O–H groups in total. The Labute approximate surface area is 820 Å². The number of nitrogens with two attached hydrogens (primary N) is 5. The summed E-state index contributed by atoms with van der Waals surface area (Å²) in [6, 6.07) is 27.1. The first kappa shape index (κ1) is 120. The van der Waals surface area contributed by atoms with Crippen molar-refractivity contribution in [2.75, 3.05) is 62.1 Å². The number of piperidine rings is 1. The number of aromatic nitrogens is 3. The molecule has 1 saturated carbocycles. The number of halogens is 12. The topological polar surface area (TPSA) is 560 Å². The van der Waals surface area contributed by atoms with Crippen LogP contribution in [0.2, 0.25) is 0 Å². The Morgan fingerprint density at radius 1 is 0.417 bits per heavy atom. The van der Waals surface area contributed by atoms with Crippen molar-refractivity contribution in [1.29, 1.82) is 0 Å². The van der Waals surface area contributed by atoms with Gasteiger partial charge >= 0.3 is 48.6 Å². The molecule has 4 heterocycles. The summed E-state index contributed by atoms with van der Waals surface area (Å²) in [5, 5.41) is 53.2. The molecule has 2 fully saturated rings. The number of alkyl halides is 12. The lowest BCUT2D eigenvalue weighted by Crippen LogP contribution is -2.46. The third-order valence-corrected chi connectivity index (χ3v) is 21.4. The van der Waals surface area contributed by atoms with Gasteiger partial charge in [0.1, 0.15) is 0 Å². The summed E-state index contributed by atoms with van der Waals surface area (Å²) in [4.78, 5) is 124. The van der Waals surface area contributed by atoms with E-state index in [0.717, 1.165) is 102 Å². The molecule has 2 aliphatic rings. The van der Waals surface area contributed by atoms with Crippen LogP contribution in [-0.4, -0.2) is 184 Å². The van der Waals surface area contributed by atoms with Crippen LogP contribution in [0.1, 0.15) is 191 Å². The molecule has 1 aliphatic heterocycles. The van der Waals surface area contributed by atoms with E-state index in [2.05, 4.69) is 72.6 Å². The number of nitrogens with one attached hydrogen (secondary N) is 7. The van der Waals surface area contributed by atoms with E-state index in [-0.39, 0.29) is 40.5 Å². The maximum absolute atomic E-state index is 12.9. The van der Waals surface area contributed by atoms with Crippen LogP contribution in [0, 0.1) is 5.92 Å². The van der Waals surface area contributed by atoms with Crippen molar-refractivity contribution in [3.8, 4) is 34.5 Å². The van der Waals surface area contributed by atoms with Gasteiger partial charge in [-0.3, -0.25) is 43.7 Å². The highest BCUT2D eigenvalue weighted by Gasteiger charge is 2.41. The van der Waals surface area contributed by atoms with Gasteiger partial charge in [-0.25, -0.2) is 19.2 Å². The number of carboxylic acid groups (broad SMARTS) is 4. The molecule has 35 nitrogen and oxygen atoms in total. The largest absolute Gasteiger partial charge is 0.490 e. The van der Waals surface area contributed by atoms with Crippen molar-refractivity contribution in [1.82, 2.24) is 36.2 Å². The van der Waals surface area contributed by atoms with Crippen LogP contribution in [0.4, 0.5) is 86.8 Å². The number of rotatable bonds is 37. The van der Waals surface area contributed by atoms with Crippen LogP contribution >= 0.6 is 0 Å². The zero-order valence-electron chi connectivity index (χ0n) is 80.3. The van der Waals surface area contributed by atoms with Crippen LogP contribution in [-0.2, 0) is 72.5 Å². The van der Waals surface area contributed by atoms with Crippen LogP contribution in [0.5, 0.6) is 34.5 Å². The molecule has 0 bridgehead atoms. The van der Waals surface area contributed by atoms with Gasteiger partial charge in [0.05, 0.1) is 108 Å². The van der Waals surface area contributed by atoms with Gasteiger partial charge < -0.3 is 115 Å². The molecular weight excluding hydrogens is 1920 g/mol. The van der Waals surface area contributed by atoms with Crippen LogP contribution in [0.25, 0.3) is 32.7 Å². The first-order chi connectivity index (χ1) is 67.9. The summed E-state index contributed by atoms with van der Waals surface area (Å²) < 4.78 is 162. The summed E-state index contributed by atoms with van der Waals surface area (Å²) in [5.41, 5.74) is 42.1. The SMILES string of the molecule is C=CC[C@H](N)C(=O)NCc1cccc(Nc2c(C(N)=O)cnc3cc(OCC)c(OCC)cc23)c1CC.CCOc1cc2ncc(C(N)=O)c(Nc3cccc(CNC(=O)[C@H](N)CC4CCCCC4)c3CC)c2cc1OCC.CCOc1cc2ncc(C(N)=O)c(Nc3cccc(CNC(=O)[C@H]4CCCCN4)c3CC)c2cc1OCC.O=C(O)C(F)(F)F.O=C(O)C(F)(F)F.O=C(O)C(F)(F)F.O=C(O)C(F)(F)F. The van der Waals surface area contributed by atoms with Gasteiger partial charge in [0, 0.05) is 89.6 Å². The van der Waals surface area contributed by atoms with E-state index in [1.54, 1.807) is 12.1 Å². The molecule has 9 aromatic rings. The van der Waals surface area contributed by atoms with Crippen LogP contribution < -0.4 is 94.3 Å². The number of amides is 6. The maximum Gasteiger partial charge on any atom is 0.490 e. The first-order valence-electron chi connectivity index (χ1n) is 45.5. The molecule has 0 radical (unpaired) electrons. The van der Waals surface area contributed by atoms with E-state index in [9.17, 15) is 81.5 Å². The number of fused-ring (bicyclic) bond motifs is 3. The molecule has 1 saturated heterocycles. The number of pyridine rings is 3. The second-order valence-corrected chi connectivity index (χ2v) is 31.4. The van der Waals surface area contributed by atoms with E-state index in [0.29, 0.717) is 169 Å². The minimum absolute atomic E-state index is 0.0230. The number of primary amides is 3. The molecular formula is C97H119F12N15O20. The monoisotopic (exact) mass is 2040 g/mol. The number of carbonyl (C=O) groups is 10. The fraction of sp³-hybridized carbons (Fsp3) is 0.412. The van der Waals surface area contributed by atoms with Gasteiger partial charge in [0.2, 0.25) is 17.7 Å². The van der Waals surface area contributed by atoms with Crippen molar-refractivity contribution in [2.24, 2.45) is 34.6 Å². The van der Waals surface area contributed by atoms with Crippen LogP contribution in [0.15, 0.2) is 122 Å². The predicted octanol–water partition coefficient (Wildman–Crippen LogP) is 16.0. The van der Waals surface area contributed by atoms with Gasteiger partial charge in [0.25, 0.3) is 17.7 Å². The van der Waals surface area contributed by atoms with E-state index < -0.39 is 78.4 Å². The molecule has 3 aromatic heterocycles. The van der Waals surface area contributed by atoms with Gasteiger partial charge in [-0.2, -0.15) is 52.7 Å². The van der Waals surface area contributed by atoms with Crippen molar-refractivity contribution >= 4 is 126 Å². The first-order valence-corrected chi connectivity index (χ1v) is 45.5. The van der Waals surface area contributed by atoms with E-state index in [1.165, 1.54) is 37.9 Å². The Hall–Kier alpha value is -14.8. The summed E-state index contributed by atoms with van der Waals surface area (Å²) in [5.74, 6) is -9.21. The standard InChI is InChI=1S/C32H43N5O4.C29H37N5O4.C28H35N5O4.4C2HF3O2/c1-4-22-21(18-36-32(39)25(33)15-20-11-8-7-9-12-20)13-10-14-26(22)37-30-23-16-28(40-5-2)29(41-6-3)17-27(23)35-19-24(30)31(34)38;1-4-19-18(16-33-29(36)23-11-7-8-13-31-23)10-9-12-22(19)34-27-20-14-25(37-5-2)26(38-6-3)15-24(20)32-17-21(27)28(30)35;1-5-10-21(29)28(35)32-15-17-11-9-12-22(18(17)6-2)33-26-19-13-24(36-7-3)25(37-8-4)14-23(19)31-16-20(26)27(30)34;4*3-2(4,5)1(6)7/h10,13-14,16-17,19-20,25H,4-9,11-12,15,18,33H2,1-3H3,(H2,34,38)(H,35,37)(H,36,39);9-10,12,14-15,17,23,31H,4-8,11,13,16H2,1-3H3,(H2,30,35)(H,32,34)(H,33,36);5,9,11-14,16,21H,1,6-8,10,15,29H2,2-4H3,(H2,30,34)(H,31,33)(H,32,35);4*(H,6,7)/t25-;23-;21-;;;;/m110..../s1. The third-order valence-electron chi connectivity index (χ3n) is 21.4. The zero-order valence-corrected chi connectivity index (χ0v) is 80.3. The molecule has 6 amide bonds. The fourth-order valence-corrected chi connectivity index (χ4v) is 14.8. The average Bonchev–Trinajstić information content (AvgIpc) is 0.776. The Bertz CT molecular complexity index is 5810. The number of nitrogens with zero attached hydrogens (tertiary/aromatic N) is 3. The number of anilines is 6. The van der Waals surface area contributed by atoms with Gasteiger partial charge in [0.15, 0.2) is 34.5 Å². The molecule has 0 unspecified atom stereocenters. The maximum atomic E-state index is 12.9. The lowest BCUT2D eigenvalue weighted by atomic mass is 9.85.